The van der Waals surface area contributed by atoms with Crippen LogP contribution in [0.15, 0.2) is 30.3 Å². The Morgan fingerprint density at radius 3 is 2.79 bits per heavy atom. The molecule has 1 amide bonds. The first kappa shape index (κ1) is 18.0. The fourth-order valence-electron chi connectivity index (χ4n) is 2.80. The van der Waals surface area contributed by atoms with Crippen molar-refractivity contribution in [1.82, 2.24) is 4.90 Å². The summed E-state index contributed by atoms with van der Waals surface area (Å²) < 4.78 is 10.6. The Bertz CT molecular complexity index is 597. The summed E-state index contributed by atoms with van der Waals surface area (Å²) in [6.45, 7) is 5.77. The topological polar surface area (TPSA) is 55.8 Å². The monoisotopic (exact) mass is 331 g/mol. The number of nitrogens with zero attached hydrogens (tertiary/aromatic N) is 1. The summed E-state index contributed by atoms with van der Waals surface area (Å²) in [5, 5.41) is 0. The predicted molar refractivity (Wildman–Crippen MR) is 92.6 cm³/mol. The van der Waals surface area contributed by atoms with Gasteiger partial charge in [0.25, 0.3) is 0 Å². The van der Waals surface area contributed by atoms with Crippen LogP contribution < -0.4 is 4.74 Å². The van der Waals surface area contributed by atoms with Crippen molar-refractivity contribution in [2.75, 3.05) is 26.3 Å². The van der Waals surface area contributed by atoms with E-state index in [9.17, 15) is 9.59 Å². The Morgan fingerprint density at radius 2 is 2.04 bits per heavy atom. The minimum Gasteiger partial charge on any atom is -0.493 e. The van der Waals surface area contributed by atoms with Crippen LogP contribution in [0.4, 0.5) is 0 Å². The predicted octanol–water partition coefficient (Wildman–Crippen LogP) is 2.90. The molecule has 1 aromatic carbocycles. The molecular formula is C19H25NO4. The summed E-state index contributed by atoms with van der Waals surface area (Å²) >= 11 is 0. The summed E-state index contributed by atoms with van der Waals surface area (Å²) in [6.07, 6.45) is 4.91. The first-order valence-electron chi connectivity index (χ1n) is 8.51. The molecule has 1 aromatic rings. The average molecular weight is 331 g/mol. The molecule has 0 N–H and O–H groups in total. The molecule has 0 aromatic heterocycles. The van der Waals surface area contributed by atoms with Gasteiger partial charge in [-0.15, -0.1) is 0 Å². The number of para-hydroxylation sites is 1. The Labute approximate surface area is 143 Å². The second kappa shape index (κ2) is 9.11. The molecule has 1 saturated heterocycles. The largest absolute Gasteiger partial charge is 0.493 e. The summed E-state index contributed by atoms with van der Waals surface area (Å²) in [4.78, 5) is 26.0. The minimum absolute atomic E-state index is 0.0877. The van der Waals surface area contributed by atoms with E-state index in [1.165, 1.54) is 0 Å². The van der Waals surface area contributed by atoms with Gasteiger partial charge in [-0.3, -0.25) is 9.59 Å². The smallest absolute Gasteiger partial charge is 0.310 e. The van der Waals surface area contributed by atoms with E-state index in [2.05, 4.69) is 0 Å². The summed E-state index contributed by atoms with van der Waals surface area (Å²) in [5.74, 6) is 0.245. The highest BCUT2D eigenvalue weighted by Crippen LogP contribution is 2.21. The first-order valence-corrected chi connectivity index (χ1v) is 8.51. The van der Waals surface area contributed by atoms with E-state index in [1.807, 2.05) is 31.2 Å². The van der Waals surface area contributed by atoms with Crippen molar-refractivity contribution in [1.29, 1.82) is 0 Å². The van der Waals surface area contributed by atoms with E-state index in [4.69, 9.17) is 9.47 Å². The maximum absolute atomic E-state index is 12.4. The lowest BCUT2D eigenvalue weighted by Gasteiger charge is -2.30. The molecule has 1 atom stereocenters. The molecule has 0 bridgehead atoms. The van der Waals surface area contributed by atoms with Crippen molar-refractivity contribution < 1.29 is 19.1 Å². The van der Waals surface area contributed by atoms with Gasteiger partial charge in [0, 0.05) is 24.7 Å². The third-order valence-electron chi connectivity index (χ3n) is 3.98. The lowest BCUT2D eigenvalue weighted by atomic mass is 9.98. The highest BCUT2D eigenvalue weighted by Gasteiger charge is 2.28. The normalized spacial score (nSPS) is 17.8. The van der Waals surface area contributed by atoms with Crippen LogP contribution in [-0.2, 0) is 14.3 Å². The van der Waals surface area contributed by atoms with Crippen molar-refractivity contribution in [2.45, 2.75) is 26.7 Å². The van der Waals surface area contributed by atoms with E-state index in [0.29, 0.717) is 26.3 Å². The van der Waals surface area contributed by atoms with Crippen LogP contribution in [0.3, 0.4) is 0 Å². The highest BCUT2D eigenvalue weighted by atomic mass is 16.5. The molecule has 1 heterocycles. The molecular weight excluding hydrogens is 306 g/mol. The molecule has 5 heteroatoms. The number of likely N-dealkylation sites (tertiary alicyclic amines) is 1. The van der Waals surface area contributed by atoms with Gasteiger partial charge in [0.15, 0.2) is 0 Å². The molecule has 0 aliphatic carbocycles. The van der Waals surface area contributed by atoms with Gasteiger partial charge in [0.2, 0.25) is 5.91 Å². The zero-order valence-electron chi connectivity index (χ0n) is 14.4. The van der Waals surface area contributed by atoms with Crippen molar-refractivity contribution >= 4 is 18.0 Å². The fourth-order valence-corrected chi connectivity index (χ4v) is 2.80. The Kier molecular flexibility index (Phi) is 6.85. The van der Waals surface area contributed by atoms with Gasteiger partial charge >= 0.3 is 5.97 Å². The number of carbonyl (C=O) groups is 2. The molecule has 2 rings (SSSR count). The minimum atomic E-state index is -0.216. The van der Waals surface area contributed by atoms with E-state index < -0.39 is 0 Å². The molecule has 0 spiro atoms. The molecule has 24 heavy (non-hydrogen) atoms. The number of amides is 1. The Morgan fingerprint density at radius 1 is 1.25 bits per heavy atom. The maximum atomic E-state index is 12.4. The van der Waals surface area contributed by atoms with E-state index in [-0.39, 0.29) is 17.8 Å². The third-order valence-corrected chi connectivity index (χ3v) is 3.98. The number of esters is 1. The van der Waals surface area contributed by atoms with Crippen molar-refractivity contribution in [3.05, 3.63) is 35.9 Å². The van der Waals surface area contributed by atoms with Gasteiger partial charge in [0.05, 0.1) is 19.1 Å². The van der Waals surface area contributed by atoms with Crippen molar-refractivity contribution in [3.8, 4) is 5.75 Å². The second-order valence-corrected chi connectivity index (χ2v) is 5.68. The van der Waals surface area contributed by atoms with E-state index in [1.54, 1.807) is 24.0 Å². The van der Waals surface area contributed by atoms with Crippen molar-refractivity contribution in [3.63, 3.8) is 0 Å². The van der Waals surface area contributed by atoms with Gasteiger partial charge in [-0.2, -0.15) is 0 Å². The standard InChI is InChI=1S/C19H25NO4/c1-3-23-17-10-6-5-8-15(17)11-12-18(21)20-13-7-9-16(14-20)19(22)24-4-2/h5-6,8,10-12,16H,3-4,7,9,13-14H2,1-2H3/b12-11+. The van der Waals surface area contributed by atoms with Crippen molar-refractivity contribution in [2.24, 2.45) is 5.92 Å². The number of hydrogen-bond donors (Lipinski definition) is 0. The Balaban J connectivity index is 2.00. The summed E-state index contributed by atoms with van der Waals surface area (Å²) in [6, 6.07) is 7.60. The van der Waals surface area contributed by atoms with Gasteiger partial charge in [-0.1, -0.05) is 18.2 Å². The molecule has 5 nitrogen and oxygen atoms in total. The molecule has 1 unspecified atom stereocenters. The third kappa shape index (κ3) is 4.85. The SMILES string of the molecule is CCOC(=O)C1CCCN(C(=O)/C=C/c2ccccc2OCC)C1. The maximum Gasteiger partial charge on any atom is 0.310 e. The van der Waals surface area contributed by atoms with Crippen LogP contribution in [0.25, 0.3) is 6.08 Å². The zero-order chi connectivity index (χ0) is 17.4. The van der Waals surface area contributed by atoms with Gasteiger partial charge in [0.1, 0.15) is 5.75 Å². The number of rotatable bonds is 6. The highest BCUT2D eigenvalue weighted by molar-refractivity contribution is 5.92. The lowest BCUT2D eigenvalue weighted by molar-refractivity contribution is -0.150. The van der Waals surface area contributed by atoms with Crippen LogP contribution in [0.1, 0.15) is 32.3 Å². The van der Waals surface area contributed by atoms with Crippen LogP contribution in [-0.4, -0.2) is 43.1 Å². The molecule has 1 fully saturated rings. The Hall–Kier alpha value is -2.30. The lowest BCUT2D eigenvalue weighted by Crippen LogP contribution is -2.42. The number of ether oxygens (including phenoxy) is 2. The zero-order valence-corrected chi connectivity index (χ0v) is 14.4. The molecule has 0 radical (unpaired) electrons. The van der Waals surface area contributed by atoms with Crippen LogP contribution in [0, 0.1) is 5.92 Å². The van der Waals surface area contributed by atoms with Crippen LogP contribution in [0.5, 0.6) is 5.75 Å². The van der Waals surface area contributed by atoms with Gasteiger partial charge in [-0.25, -0.2) is 0 Å². The number of benzene rings is 1. The molecule has 0 saturated carbocycles. The number of hydrogen-bond acceptors (Lipinski definition) is 4. The van der Waals surface area contributed by atoms with Crippen LogP contribution >= 0.6 is 0 Å². The number of piperidine rings is 1. The molecule has 1 aliphatic heterocycles. The van der Waals surface area contributed by atoms with Gasteiger partial charge < -0.3 is 14.4 Å². The average Bonchev–Trinajstić information content (AvgIpc) is 2.61. The summed E-state index contributed by atoms with van der Waals surface area (Å²) in [5.41, 5.74) is 0.867. The van der Waals surface area contributed by atoms with E-state index in [0.717, 1.165) is 24.2 Å². The van der Waals surface area contributed by atoms with Crippen LogP contribution in [0.2, 0.25) is 0 Å². The molecule has 130 valence electrons. The number of carbonyl (C=O) groups excluding carboxylic acids is 2. The summed E-state index contributed by atoms with van der Waals surface area (Å²) in [7, 11) is 0. The van der Waals surface area contributed by atoms with E-state index >= 15 is 0 Å². The first-order chi connectivity index (χ1) is 11.7. The van der Waals surface area contributed by atoms with Gasteiger partial charge in [-0.05, 0) is 38.8 Å². The molecule has 1 aliphatic rings. The second-order valence-electron chi connectivity index (χ2n) is 5.68. The fraction of sp³-hybridized carbons (Fsp3) is 0.474. The quantitative estimate of drug-likeness (QED) is 0.594.